The minimum atomic E-state index is -0.210. The van der Waals surface area contributed by atoms with Crippen molar-refractivity contribution in [2.75, 3.05) is 11.9 Å². The SMILES string of the molecule is O=C(Nc1ccc(CO)cc1)c1ccc[n+]([C@H]2CC[C@@H](CO)O2)c1. The van der Waals surface area contributed by atoms with E-state index in [1.54, 1.807) is 42.6 Å². The molecule has 0 unspecified atom stereocenters. The van der Waals surface area contributed by atoms with Gasteiger partial charge < -0.3 is 20.3 Å². The van der Waals surface area contributed by atoms with Crippen LogP contribution in [0.15, 0.2) is 48.8 Å². The van der Waals surface area contributed by atoms with E-state index in [0.29, 0.717) is 11.3 Å². The van der Waals surface area contributed by atoms with Gasteiger partial charge in [-0.1, -0.05) is 12.1 Å². The van der Waals surface area contributed by atoms with Gasteiger partial charge in [-0.15, -0.1) is 0 Å². The first-order valence-electron chi connectivity index (χ1n) is 7.98. The van der Waals surface area contributed by atoms with Crippen molar-refractivity contribution in [3.63, 3.8) is 0 Å². The van der Waals surface area contributed by atoms with E-state index in [1.165, 1.54) is 0 Å². The Kier molecular flexibility index (Phi) is 5.20. The summed E-state index contributed by atoms with van der Waals surface area (Å²) in [6.07, 6.45) is 4.94. The predicted octanol–water partition coefficient (Wildman–Crippen LogP) is 1.39. The van der Waals surface area contributed by atoms with Gasteiger partial charge in [0.1, 0.15) is 5.56 Å². The van der Waals surface area contributed by atoms with Crippen LogP contribution in [-0.2, 0) is 11.3 Å². The lowest BCUT2D eigenvalue weighted by atomic mass is 10.2. The van der Waals surface area contributed by atoms with Crippen molar-refractivity contribution in [2.45, 2.75) is 31.8 Å². The summed E-state index contributed by atoms with van der Waals surface area (Å²) in [6.45, 7) is -0.00972. The number of nitrogens with one attached hydrogen (secondary N) is 1. The van der Waals surface area contributed by atoms with Crippen molar-refractivity contribution in [1.82, 2.24) is 0 Å². The molecule has 1 amide bonds. The second-order valence-corrected chi connectivity index (χ2v) is 5.82. The highest BCUT2D eigenvalue weighted by Crippen LogP contribution is 2.23. The number of rotatable bonds is 5. The summed E-state index contributed by atoms with van der Waals surface area (Å²) in [5, 5.41) is 21.0. The Balaban J connectivity index is 1.69. The van der Waals surface area contributed by atoms with Crippen molar-refractivity contribution in [1.29, 1.82) is 0 Å². The molecule has 0 bridgehead atoms. The lowest BCUT2D eigenvalue weighted by Crippen LogP contribution is -2.40. The first kappa shape index (κ1) is 16.6. The quantitative estimate of drug-likeness (QED) is 0.724. The second-order valence-electron chi connectivity index (χ2n) is 5.82. The lowest BCUT2D eigenvalue weighted by Gasteiger charge is -2.09. The molecule has 1 aromatic heterocycles. The van der Waals surface area contributed by atoms with Gasteiger partial charge in [-0.3, -0.25) is 4.79 Å². The molecule has 1 aliphatic heterocycles. The lowest BCUT2D eigenvalue weighted by molar-refractivity contribution is -0.759. The van der Waals surface area contributed by atoms with Crippen molar-refractivity contribution in [3.05, 3.63) is 59.9 Å². The number of anilines is 1. The van der Waals surface area contributed by atoms with Crippen LogP contribution in [-0.4, -0.2) is 28.8 Å². The third-order valence-corrected chi connectivity index (χ3v) is 4.10. The molecule has 24 heavy (non-hydrogen) atoms. The molecule has 0 saturated carbocycles. The molecule has 1 saturated heterocycles. The van der Waals surface area contributed by atoms with Gasteiger partial charge in [0, 0.05) is 18.2 Å². The van der Waals surface area contributed by atoms with Gasteiger partial charge in [-0.25, -0.2) is 0 Å². The first-order chi connectivity index (χ1) is 11.7. The van der Waals surface area contributed by atoms with Crippen LogP contribution in [0.2, 0.25) is 0 Å². The Bertz CT molecular complexity index is 702. The third kappa shape index (κ3) is 3.79. The number of ether oxygens (including phenoxy) is 1. The summed E-state index contributed by atoms with van der Waals surface area (Å²) in [5.74, 6) is -0.210. The van der Waals surface area contributed by atoms with Crippen molar-refractivity contribution >= 4 is 11.6 Å². The zero-order chi connectivity index (χ0) is 16.9. The molecule has 126 valence electrons. The molecule has 6 heteroatoms. The van der Waals surface area contributed by atoms with Crippen molar-refractivity contribution in [2.24, 2.45) is 0 Å². The number of amides is 1. The summed E-state index contributed by atoms with van der Waals surface area (Å²) < 4.78 is 7.59. The van der Waals surface area contributed by atoms with Crippen LogP contribution in [0.4, 0.5) is 5.69 Å². The van der Waals surface area contributed by atoms with Crippen LogP contribution in [0, 0.1) is 0 Å². The van der Waals surface area contributed by atoms with Crippen molar-refractivity contribution < 1.29 is 24.3 Å². The third-order valence-electron chi connectivity index (χ3n) is 4.10. The number of hydrogen-bond donors (Lipinski definition) is 3. The summed E-state index contributed by atoms with van der Waals surface area (Å²) in [5.41, 5.74) is 1.99. The number of carbonyl (C=O) groups is 1. The van der Waals surface area contributed by atoms with Gasteiger partial charge in [-0.05, 0) is 30.2 Å². The van der Waals surface area contributed by atoms with Crippen LogP contribution >= 0.6 is 0 Å². The molecule has 0 spiro atoms. The van der Waals surface area contributed by atoms with E-state index >= 15 is 0 Å². The fraction of sp³-hybridized carbons (Fsp3) is 0.333. The molecule has 3 rings (SSSR count). The highest BCUT2D eigenvalue weighted by Gasteiger charge is 2.31. The average Bonchev–Trinajstić information content (AvgIpc) is 3.12. The normalized spacial score (nSPS) is 20.1. The fourth-order valence-corrected chi connectivity index (χ4v) is 2.74. The largest absolute Gasteiger partial charge is 0.394 e. The highest BCUT2D eigenvalue weighted by molar-refractivity contribution is 6.03. The zero-order valence-corrected chi connectivity index (χ0v) is 13.3. The molecule has 3 N–H and O–H groups in total. The Morgan fingerprint density at radius 3 is 2.67 bits per heavy atom. The Morgan fingerprint density at radius 1 is 1.21 bits per heavy atom. The summed E-state index contributed by atoms with van der Waals surface area (Å²) in [4.78, 5) is 12.4. The molecule has 0 radical (unpaired) electrons. The van der Waals surface area contributed by atoms with Crippen LogP contribution in [0.25, 0.3) is 0 Å². The molecule has 6 nitrogen and oxygen atoms in total. The van der Waals surface area contributed by atoms with E-state index in [2.05, 4.69) is 5.32 Å². The van der Waals surface area contributed by atoms with Gasteiger partial charge in [0.2, 0.25) is 0 Å². The van der Waals surface area contributed by atoms with Crippen LogP contribution in [0.3, 0.4) is 0 Å². The highest BCUT2D eigenvalue weighted by atomic mass is 16.5. The second kappa shape index (κ2) is 7.53. The molecule has 2 heterocycles. The maximum absolute atomic E-state index is 12.4. The summed E-state index contributed by atoms with van der Waals surface area (Å²) in [6, 6.07) is 10.6. The summed E-state index contributed by atoms with van der Waals surface area (Å²) >= 11 is 0. The topological polar surface area (TPSA) is 82.7 Å². The van der Waals surface area contributed by atoms with Gasteiger partial charge in [0.25, 0.3) is 12.1 Å². The molecule has 2 atom stereocenters. The van der Waals surface area contributed by atoms with Gasteiger partial charge in [0.15, 0.2) is 12.4 Å². The molecule has 1 aromatic carbocycles. The number of pyridine rings is 1. The van der Waals surface area contributed by atoms with Crippen molar-refractivity contribution in [3.8, 4) is 0 Å². The van der Waals surface area contributed by atoms with Gasteiger partial charge in [-0.2, -0.15) is 4.57 Å². The number of aromatic nitrogens is 1. The van der Waals surface area contributed by atoms with Crippen LogP contribution in [0.1, 0.15) is 35.0 Å². The minimum Gasteiger partial charge on any atom is -0.394 e. The molecule has 0 aliphatic carbocycles. The van der Waals surface area contributed by atoms with Gasteiger partial charge >= 0.3 is 0 Å². The molecule has 1 fully saturated rings. The molecular formula is C18H21N2O4+. The minimum absolute atomic E-state index is 0.0150. The van der Waals surface area contributed by atoms with Gasteiger partial charge in [0.05, 0.1) is 19.3 Å². The fourth-order valence-electron chi connectivity index (χ4n) is 2.74. The standard InChI is InChI=1S/C18H20N2O4/c21-11-13-3-5-15(6-4-13)19-18(23)14-2-1-9-20(10-14)17-8-7-16(12-22)24-17/h1-6,9-10,16-17,21-22H,7-8,11-12H2/p+1/t16-,17+/m0/s1. The zero-order valence-electron chi connectivity index (χ0n) is 13.3. The van der Waals surface area contributed by atoms with E-state index in [4.69, 9.17) is 14.9 Å². The Labute approximate surface area is 140 Å². The maximum Gasteiger partial charge on any atom is 0.262 e. The monoisotopic (exact) mass is 329 g/mol. The van der Waals surface area contributed by atoms with E-state index in [1.807, 2.05) is 10.8 Å². The Morgan fingerprint density at radius 2 is 2.00 bits per heavy atom. The maximum atomic E-state index is 12.4. The first-order valence-corrected chi connectivity index (χ1v) is 7.98. The molecular weight excluding hydrogens is 308 g/mol. The Hall–Kier alpha value is -2.28. The average molecular weight is 329 g/mol. The number of benzene rings is 1. The molecule has 2 aromatic rings. The smallest absolute Gasteiger partial charge is 0.262 e. The van der Waals surface area contributed by atoms with E-state index in [0.717, 1.165) is 18.4 Å². The molecule has 1 aliphatic rings. The predicted molar refractivity (Wildman–Crippen MR) is 87.2 cm³/mol. The van der Waals surface area contributed by atoms with E-state index < -0.39 is 0 Å². The number of carbonyl (C=O) groups excluding carboxylic acids is 1. The van der Waals surface area contributed by atoms with Crippen LogP contribution < -0.4 is 9.88 Å². The van der Waals surface area contributed by atoms with E-state index in [9.17, 15) is 4.79 Å². The number of hydrogen-bond acceptors (Lipinski definition) is 4. The summed E-state index contributed by atoms with van der Waals surface area (Å²) in [7, 11) is 0. The van der Waals surface area contributed by atoms with Crippen LogP contribution in [0.5, 0.6) is 0 Å². The number of aliphatic hydroxyl groups is 2. The van der Waals surface area contributed by atoms with E-state index in [-0.39, 0.29) is 31.5 Å². The number of nitrogens with zero attached hydrogens (tertiary/aromatic N) is 1. The number of aliphatic hydroxyl groups excluding tert-OH is 2.